The minimum atomic E-state index is -4.86. The maximum Gasteiger partial charge on any atom is 0.540 e. The molecule has 1 aromatic carbocycles. The van der Waals surface area contributed by atoms with Crippen LogP contribution in [0.25, 0.3) is 0 Å². The molecule has 16 heavy (non-hydrogen) atoms. The second-order valence-electron chi connectivity index (χ2n) is 2.61. The average Bonchev–Trinajstić information content (AvgIpc) is 2.15. The minimum Gasteiger partial charge on any atom is -0.268 e. The molecule has 1 rings (SSSR count). The lowest BCUT2D eigenvalue weighted by Crippen LogP contribution is -2.40. The number of hydrogen-bond donors (Lipinski definition) is 2. The third-order valence-corrected chi connectivity index (χ3v) is 1.91. The third-order valence-electron chi connectivity index (χ3n) is 1.42. The van der Waals surface area contributed by atoms with Crippen molar-refractivity contribution in [3.63, 3.8) is 0 Å². The fraction of sp³-hybridized carbons (Fsp3) is 0.125. The number of nitrogens with one attached hydrogen (secondary N) is 2. The van der Waals surface area contributed by atoms with E-state index in [0.717, 1.165) is 0 Å². The van der Waals surface area contributed by atoms with Gasteiger partial charge in [-0.1, -0.05) is 22.0 Å². The van der Waals surface area contributed by atoms with Gasteiger partial charge in [-0.05, 0) is 18.2 Å². The maximum absolute atomic E-state index is 11.5. The van der Waals surface area contributed by atoms with Gasteiger partial charge in [0.1, 0.15) is 0 Å². The number of carbonyl (C=O) groups excluding carboxylic acids is 1. The van der Waals surface area contributed by atoms with Crippen LogP contribution in [0.15, 0.2) is 28.7 Å². The Hall–Kier alpha value is -1.12. The Morgan fingerprint density at radius 2 is 2.06 bits per heavy atom. The van der Waals surface area contributed by atoms with Crippen molar-refractivity contribution in [1.29, 1.82) is 0 Å². The maximum atomic E-state index is 11.5. The fourth-order valence-electron chi connectivity index (χ4n) is 0.832. The van der Waals surface area contributed by atoms with Crippen LogP contribution in [0.2, 0.25) is 0 Å². The van der Waals surface area contributed by atoms with Crippen LogP contribution >= 0.6 is 15.9 Å². The van der Waals surface area contributed by atoms with Crippen LogP contribution in [-0.4, -0.2) is 12.3 Å². The van der Waals surface area contributed by atoms with E-state index in [0.29, 0.717) is 4.47 Å². The molecular weight excluding hydrogens is 293 g/mol. The van der Waals surface area contributed by atoms with Gasteiger partial charge in [-0.15, -0.1) is 18.8 Å². The van der Waals surface area contributed by atoms with Crippen LogP contribution in [-0.2, 0) is 4.84 Å². The molecule has 0 saturated heterocycles. The van der Waals surface area contributed by atoms with Crippen LogP contribution in [0.3, 0.4) is 0 Å². The Morgan fingerprint density at radius 3 is 2.62 bits per heavy atom. The molecule has 0 unspecified atom stereocenters. The van der Waals surface area contributed by atoms with Crippen molar-refractivity contribution < 1.29 is 22.8 Å². The molecule has 88 valence electrons. The van der Waals surface area contributed by atoms with Gasteiger partial charge in [-0.3, -0.25) is 10.2 Å². The zero-order valence-corrected chi connectivity index (χ0v) is 9.22. The summed E-state index contributed by atoms with van der Waals surface area (Å²) in [6, 6.07) is 6.14. The summed E-state index contributed by atoms with van der Waals surface area (Å²) in [5.74, 6) is -0.745. The standard InChI is InChI=1S/C8H6BrF3N2O2/c9-6-3-1-2-5(4-6)7(15)13-14-16-8(10,11)12/h1-4,14H,(H,13,15). The van der Waals surface area contributed by atoms with Gasteiger partial charge in [-0.25, -0.2) is 0 Å². The lowest BCUT2D eigenvalue weighted by atomic mass is 10.2. The van der Waals surface area contributed by atoms with Crippen LogP contribution in [0.5, 0.6) is 0 Å². The van der Waals surface area contributed by atoms with Gasteiger partial charge in [0.2, 0.25) is 0 Å². The summed E-state index contributed by atoms with van der Waals surface area (Å²) < 4.78 is 35.2. The van der Waals surface area contributed by atoms with Gasteiger partial charge >= 0.3 is 6.36 Å². The highest BCUT2D eigenvalue weighted by molar-refractivity contribution is 9.10. The number of amides is 1. The SMILES string of the molecule is O=C(NNOC(F)(F)F)c1cccc(Br)c1. The van der Waals surface area contributed by atoms with Crippen molar-refractivity contribution in [2.24, 2.45) is 0 Å². The Morgan fingerprint density at radius 1 is 1.38 bits per heavy atom. The van der Waals surface area contributed by atoms with Crippen LogP contribution in [0.4, 0.5) is 13.2 Å². The summed E-state index contributed by atoms with van der Waals surface area (Å²) in [5.41, 5.74) is 3.22. The fourth-order valence-corrected chi connectivity index (χ4v) is 1.23. The summed E-state index contributed by atoms with van der Waals surface area (Å²) in [4.78, 5) is 14.4. The minimum absolute atomic E-state index is 0.188. The summed E-state index contributed by atoms with van der Waals surface area (Å²) in [7, 11) is 0. The van der Waals surface area contributed by atoms with E-state index in [1.54, 1.807) is 17.6 Å². The van der Waals surface area contributed by atoms with Crippen molar-refractivity contribution >= 4 is 21.8 Å². The highest BCUT2D eigenvalue weighted by Crippen LogP contribution is 2.14. The Balaban J connectivity index is 2.47. The number of hydrazine groups is 1. The van der Waals surface area contributed by atoms with Gasteiger partial charge in [0.25, 0.3) is 5.91 Å². The van der Waals surface area contributed by atoms with E-state index in [4.69, 9.17) is 0 Å². The topological polar surface area (TPSA) is 50.4 Å². The molecule has 1 amide bonds. The number of rotatable bonds is 3. The summed E-state index contributed by atoms with van der Waals surface area (Å²) >= 11 is 3.12. The average molecular weight is 299 g/mol. The van der Waals surface area contributed by atoms with Crippen molar-refractivity contribution in [1.82, 2.24) is 11.0 Å². The molecule has 0 spiro atoms. The van der Waals surface area contributed by atoms with E-state index >= 15 is 0 Å². The molecule has 0 aliphatic heterocycles. The number of benzene rings is 1. The van der Waals surface area contributed by atoms with Crippen molar-refractivity contribution in [3.8, 4) is 0 Å². The Labute approximate surface area is 96.8 Å². The normalized spacial score (nSPS) is 11.2. The second kappa shape index (κ2) is 5.28. The van der Waals surface area contributed by atoms with Gasteiger partial charge < -0.3 is 0 Å². The van der Waals surface area contributed by atoms with Gasteiger partial charge in [-0.2, -0.15) is 4.84 Å². The Kier molecular flexibility index (Phi) is 4.27. The molecule has 2 N–H and O–H groups in total. The number of hydrogen-bond acceptors (Lipinski definition) is 3. The first-order chi connectivity index (χ1) is 7.38. The molecule has 8 heteroatoms. The lowest BCUT2D eigenvalue weighted by Gasteiger charge is -2.09. The highest BCUT2D eigenvalue weighted by Gasteiger charge is 2.30. The molecule has 0 atom stereocenters. The molecule has 0 heterocycles. The van der Waals surface area contributed by atoms with E-state index < -0.39 is 12.3 Å². The summed E-state index contributed by atoms with van der Waals surface area (Å²) in [6.45, 7) is 0. The summed E-state index contributed by atoms with van der Waals surface area (Å²) in [5, 5.41) is 0. The molecule has 0 fully saturated rings. The van der Waals surface area contributed by atoms with Gasteiger partial charge in [0.15, 0.2) is 0 Å². The zero-order valence-electron chi connectivity index (χ0n) is 7.64. The van der Waals surface area contributed by atoms with Crippen molar-refractivity contribution in [2.45, 2.75) is 6.36 Å². The van der Waals surface area contributed by atoms with E-state index in [1.165, 1.54) is 17.7 Å². The first-order valence-corrected chi connectivity index (χ1v) is 4.73. The second-order valence-corrected chi connectivity index (χ2v) is 3.53. The van der Waals surface area contributed by atoms with E-state index in [1.807, 2.05) is 0 Å². The van der Waals surface area contributed by atoms with Crippen molar-refractivity contribution in [3.05, 3.63) is 34.3 Å². The lowest BCUT2D eigenvalue weighted by molar-refractivity contribution is -0.354. The van der Waals surface area contributed by atoms with Crippen LogP contribution in [0.1, 0.15) is 10.4 Å². The monoisotopic (exact) mass is 298 g/mol. The largest absolute Gasteiger partial charge is 0.540 e. The Bertz CT molecular complexity index is 384. The smallest absolute Gasteiger partial charge is 0.268 e. The number of halogens is 4. The van der Waals surface area contributed by atoms with Gasteiger partial charge in [0, 0.05) is 10.0 Å². The van der Waals surface area contributed by atoms with E-state index in [-0.39, 0.29) is 5.56 Å². The molecule has 0 aliphatic carbocycles. The molecule has 0 aliphatic rings. The third kappa shape index (κ3) is 4.60. The molecular formula is C8H6BrF3N2O2. The van der Waals surface area contributed by atoms with Crippen LogP contribution < -0.4 is 11.0 Å². The highest BCUT2D eigenvalue weighted by atomic mass is 79.9. The molecule has 4 nitrogen and oxygen atoms in total. The van der Waals surface area contributed by atoms with E-state index in [2.05, 4.69) is 20.8 Å². The molecule has 1 aromatic rings. The molecule has 0 bridgehead atoms. The number of alkyl halides is 3. The van der Waals surface area contributed by atoms with Gasteiger partial charge in [0.05, 0.1) is 0 Å². The first kappa shape index (κ1) is 12.9. The predicted octanol–water partition coefficient (Wildman–Crippen LogP) is 2.13. The predicted molar refractivity (Wildman–Crippen MR) is 51.9 cm³/mol. The molecule has 0 aromatic heterocycles. The van der Waals surface area contributed by atoms with Crippen LogP contribution in [0, 0.1) is 0 Å². The number of carbonyl (C=O) groups is 1. The molecule has 0 radical (unpaired) electrons. The van der Waals surface area contributed by atoms with Crippen molar-refractivity contribution in [2.75, 3.05) is 0 Å². The summed E-state index contributed by atoms with van der Waals surface area (Å²) in [6.07, 6.45) is -4.86. The molecule has 0 saturated carbocycles. The van der Waals surface area contributed by atoms with E-state index in [9.17, 15) is 18.0 Å². The zero-order chi connectivity index (χ0) is 12.2. The quantitative estimate of drug-likeness (QED) is 0.841. The first-order valence-electron chi connectivity index (χ1n) is 3.94.